The van der Waals surface area contributed by atoms with Crippen LogP contribution >= 0.6 is 0 Å². The van der Waals surface area contributed by atoms with Crippen LogP contribution in [0.2, 0.25) is 0 Å². The monoisotopic (exact) mass is 262 g/mol. The van der Waals surface area contributed by atoms with Crippen molar-refractivity contribution in [3.05, 3.63) is 30.3 Å². The first-order valence-electron chi connectivity index (χ1n) is 6.87. The summed E-state index contributed by atoms with van der Waals surface area (Å²) in [5, 5.41) is 2.95. The molecule has 1 atom stereocenters. The van der Waals surface area contributed by atoms with Crippen molar-refractivity contribution < 1.29 is 9.53 Å². The number of carbonyl (C=O) groups is 1. The molecule has 1 unspecified atom stereocenters. The maximum absolute atomic E-state index is 12.3. The van der Waals surface area contributed by atoms with E-state index in [-0.39, 0.29) is 12.1 Å². The van der Waals surface area contributed by atoms with Gasteiger partial charge in [0.1, 0.15) is 0 Å². The zero-order valence-electron chi connectivity index (χ0n) is 11.6. The van der Waals surface area contributed by atoms with Crippen molar-refractivity contribution >= 4 is 11.7 Å². The average molecular weight is 262 g/mol. The summed E-state index contributed by atoms with van der Waals surface area (Å²) >= 11 is 0. The number of anilines is 1. The molecule has 1 aromatic rings. The fraction of sp³-hybridized carbons (Fsp3) is 0.533. The fourth-order valence-corrected chi connectivity index (χ4v) is 2.38. The second-order valence-corrected chi connectivity index (χ2v) is 5.35. The number of nitrogens with zero attached hydrogens (tertiary/aromatic N) is 1. The quantitative estimate of drug-likeness (QED) is 0.910. The van der Waals surface area contributed by atoms with Crippen LogP contribution in [0, 0.1) is 5.92 Å². The first-order chi connectivity index (χ1) is 9.16. The van der Waals surface area contributed by atoms with Gasteiger partial charge in [-0.2, -0.15) is 0 Å². The van der Waals surface area contributed by atoms with E-state index in [4.69, 9.17) is 4.74 Å². The Balaban J connectivity index is 1.99. The van der Waals surface area contributed by atoms with Gasteiger partial charge in [0, 0.05) is 12.2 Å². The fourth-order valence-electron chi connectivity index (χ4n) is 2.38. The Morgan fingerprint density at radius 1 is 1.42 bits per heavy atom. The summed E-state index contributed by atoms with van der Waals surface area (Å²) in [6.45, 7) is 6.26. The number of benzene rings is 1. The van der Waals surface area contributed by atoms with E-state index in [0.29, 0.717) is 25.7 Å². The lowest BCUT2D eigenvalue weighted by Gasteiger charge is -2.36. The first-order valence-corrected chi connectivity index (χ1v) is 6.87. The van der Waals surface area contributed by atoms with E-state index in [1.165, 1.54) is 0 Å². The number of rotatable bonds is 3. The largest absolute Gasteiger partial charge is 0.377 e. The Kier molecular flexibility index (Phi) is 4.80. The van der Waals surface area contributed by atoms with E-state index in [9.17, 15) is 4.79 Å². The number of morpholine rings is 1. The predicted octanol–water partition coefficient (Wildman–Crippen LogP) is 2.97. The minimum atomic E-state index is -0.0276. The molecule has 1 aliphatic heterocycles. The number of nitrogens with one attached hydrogen (secondary N) is 1. The third-order valence-corrected chi connectivity index (χ3v) is 3.26. The number of amides is 2. The molecule has 1 aliphatic rings. The number of hydrogen-bond donors (Lipinski definition) is 1. The highest BCUT2D eigenvalue weighted by atomic mass is 16.5. The average Bonchev–Trinajstić information content (AvgIpc) is 2.39. The van der Waals surface area contributed by atoms with Crippen molar-refractivity contribution in [2.45, 2.75) is 26.3 Å². The van der Waals surface area contributed by atoms with Gasteiger partial charge in [0.25, 0.3) is 0 Å². The van der Waals surface area contributed by atoms with E-state index in [2.05, 4.69) is 19.2 Å². The van der Waals surface area contributed by atoms with Crippen LogP contribution in [-0.4, -0.2) is 36.7 Å². The van der Waals surface area contributed by atoms with Gasteiger partial charge >= 0.3 is 6.03 Å². The van der Waals surface area contributed by atoms with Gasteiger partial charge in [-0.15, -0.1) is 0 Å². The van der Waals surface area contributed by atoms with Crippen molar-refractivity contribution in [3.8, 4) is 0 Å². The predicted molar refractivity (Wildman–Crippen MR) is 76.2 cm³/mol. The maximum atomic E-state index is 12.3. The SMILES string of the molecule is CC(C)CC1COCCN1C(=O)Nc1ccccc1. The highest BCUT2D eigenvalue weighted by molar-refractivity contribution is 5.89. The molecule has 19 heavy (non-hydrogen) atoms. The Labute approximate surface area is 114 Å². The highest BCUT2D eigenvalue weighted by Gasteiger charge is 2.27. The van der Waals surface area contributed by atoms with Crippen molar-refractivity contribution in [2.24, 2.45) is 5.92 Å². The highest BCUT2D eigenvalue weighted by Crippen LogP contribution is 2.17. The van der Waals surface area contributed by atoms with Crippen LogP contribution in [0.5, 0.6) is 0 Å². The van der Waals surface area contributed by atoms with Crippen LogP contribution in [0.1, 0.15) is 20.3 Å². The normalized spacial score (nSPS) is 19.5. The first kappa shape index (κ1) is 13.9. The molecule has 1 N–H and O–H groups in total. The number of carbonyl (C=O) groups excluding carboxylic acids is 1. The molecule has 4 heteroatoms. The van der Waals surface area contributed by atoms with E-state index in [1.54, 1.807) is 0 Å². The summed E-state index contributed by atoms with van der Waals surface area (Å²) in [6.07, 6.45) is 0.974. The van der Waals surface area contributed by atoms with Crippen LogP contribution in [0.4, 0.5) is 10.5 Å². The second-order valence-electron chi connectivity index (χ2n) is 5.35. The lowest BCUT2D eigenvalue weighted by atomic mass is 10.0. The van der Waals surface area contributed by atoms with Gasteiger partial charge in [0.2, 0.25) is 0 Å². The standard InChI is InChI=1S/C15H22N2O2/c1-12(2)10-14-11-19-9-8-17(14)15(18)16-13-6-4-3-5-7-13/h3-7,12,14H,8-11H2,1-2H3,(H,16,18). The molecule has 1 fully saturated rings. The lowest BCUT2D eigenvalue weighted by molar-refractivity contribution is 0.00857. The smallest absolute Gasteiger partial charge is 0.322 e. The summed E-state index contributed by atoms with van der Waals surface area (Å²) in [5.74, 6) is 0.554. The number of ether oxygens (including phenoxy) is 1. The molecule has 0 bridgehead atoms. The van der Waals surface area contributed by atoms with Crippen molar-refractivity contribution in [2.75, 3.05) is 25.1 Å². The zero-order valence-corrected chi connectivity index (χ0v) is 11.6. The molecule has 1 aromatic carbocycles. The third kappa shape index (κ3) is 3.96. The lowest BCUT2D eigenvalue weighted by Crippen LogP contribution is -2.50. The number of para-hydroxylation sites is 1. The molecule has 1 saturated heterocycles. The summed E-state index contributed by atoms with van der Waals surface area (Å²) in [6, 6.07) is 9.72. The third-order valence-electron chi connectivity index (χ3n) is 3.26. The van der Waals surface area contributed by atoms with Crippen LogP contribution < -0.4 is 5.32 Å². The maximum Gasteiger partial charge on any atom is 0.322 e. The molecule has 0 aromatic heterocycles. The summed E-state index contributed by atoms with van der Waals surface area (Å²) in [7, 11) is 0. The van der Waals surface area contributed by atoms with E-state index in [1.807, 2.05) is 35.2 Å². The Hall–Kier alpha value is -1.55. The molecular formula is C15H22N2O2. The van der Waals surface area contributed by atoms with Crippen LogP contribution in [0.15, 0.2) is 30.3 Å². The molecule has 0 spiro atoms. The van der Waals surface area contributed by atoms with E-state index >= 15 is 0 Å². The van der Waals surface area contributed by atoms with Gasteiger partial charge in [-0.25, -0.2) is 4.79 Å². The van der Waals surface area contributed by atoms with Crippen LogP contribution in [0.25, 0.3) is 0 Å². The molecular weight excluding hydrogens is 240 g/mol. The summed E-state index contributed by atoms with van der Waals surface area (Å²) in [5.41, 5.74) is 0.835. The Morgan fingerprint density at radius 2 is 2.16 bits per heavy atom. The Morgan fingerprint density at radius 3 is 2.84 bits per heavy atom. The van der Waals surface area contributed by atoms with Gasteiger partial charge in [-0.05, 0) is 24.5 Å². The molecule has 4 nitrogen and oxygen atoms in total. The Bertz CT molecular complexity index is 406. The van der Waals surface area contributed by atoms with Crippen molar-refractivity contribution in [3.63, 3.8) is 0 Å². The molecule has 0 saturated carbocycles. The zero-order chi connectivity index (χ0) is 13.7. The van der Waals surface area contributed by atoms with Gasteiger partial charge in [-0.1, -0.05) is 32.0 Å². The van der Waals surface area contributed by atoms with Gasteiger partial charge in [0.05, 0.1) is 19.3 Å². The topological polar surface area (TPSA) is 41.6 Å². The molecule has 2 rings (SSSR count). The van der Waals surface area contributed by atoms with E-state index < -0.39 is 0 Å². The van der Waals surface area contributed by atoms with Gasteiger partial charge in [0.15, 0.2) is 0 Å². The van der Waals surface area contributed by atoms with Crippen molar-refractivity contribution in [1.29, 1.82) is 0 Å². The van der Waals surface area contributed by atoms with Crippen LogP contribution in [0.3, 0.4) is 0 Å². The number of urea groups is 1. The minimum Gasteiger partial charge on any atom is -0.377 e. The number of hydrogen-bond acceptors (Lipinski definition) is 2. The van der Waals surface area contributed by atoms with Crippen LogP contribution in [-0.2, 0) is 4.74 Å². The second kappa shape index (κ2) is 6.57. The van der Waals surface area contributed by atoms with E-state index in [0.717, 1.165) is 12.1 Å². The molecule has 104 valence electrons. The molecule has 0 radical (unpaired) electrons. The van der Waals surface area contributed by atoms with Crippen molar-refractivity contribution in [1.82, 2.24) is 4.90 Å². The van der Waals surface area contributed by atoms with Gasteiger partial charge in [-0.3, -0.25) is 0 Å². The molecule has 0 aliphatic carbocycles. The molecule has 1 heterocycles. The minimum absolute atomic E-state index is 0.0276. The summed E-state index contributed by atoms with van der Waals surface area (Å²) < 4.78 is 5.49. The summed E-state index contributed by atoms with van der Waals surface area (Å²) in [4.78, 5) is 14.2. The molecule has 2 amide bonds. The van der Waals surface area contributed by atoms with Gasteiger partial charge < -0.3 is 15.0 Å².